The van der Waals surface area contributed by atoms with Gasteiger partial charge in [0.25, 0.3) is 5.91 Å². The molecule has 0 saturated carbocycles. The second-order valence-corrected chi connectivity index (χ2v) is 38.6. The lowest BCUT2D eigenvalue weighted by Gasteiger charge is -2.37. The summed E-state index contributed by atoms with van der Waals surface area (Å²) in [5.41, 5.74) is 7.98. The Kier molecular flexibility index (Phi) is 51.5. The monoisotopic (exact) mass is 2080 g/mol. The number of nitrogens with one attached hydrogen (secondary N) is 8. The van der Waals surface area contributed by atoms with Gasteiger partial charge in [0.05, 0.1) is 91.6 Å². The molecule has 2 aliphatic heterocycles. The first-order valence-electron chi connectivity index (χ1n) is 51.4. The zero-order chi connectivity index (χ0) is 108. The molecule has 2 heterocycles. The number of fused-ring (bicyclic) bond motifs is 1. The van der Waals surface area contributed by atoms with Gasteiger partial charge >= 0.3 is 30.3 Å². The number of nitrogens with zero attached hydrogens (tertiary/aromatic N) is 1. The molecule has 32 heteroatoms. The van der Waals surface area contributed by atoms with E-state index in [0.29, 0.717) is 82.5 Å². The number of aliphatic carboxylic acids is 1. The highest BCUT2D eigenvalue weighted by Gasteiger charge is 2.51. The van der Waals surface area contributed by atoms with Crippen LogP contribution < -0.4 is 61.5 Å². The highest BCUT2D eigenvalue weighted by atomic mass is 32.2. The normalized spacial score (nSPS) is 13.8. The molecule has 5 atom stereocenters. The summed E-state index contributed by atoms with van der Waals surface area (Å²) >= 11 is 1.76. The van der Waals surface area contributed by atoms with Gasteiger partial charge in [-0.05, 0) is 186 Å². The first kappa shape index (κ1) is 119. The van der Waals surface area contributed by atoms with Crippen LogP contribution in [0.4, 0.5) is 19.2 Å². The first-order valence-corrected chi connectivity index (χ1v) is 52.5. The lowest BCUT2D eigenvalue weighted by Crippen LogP contribution is -2.45. The number of carboxylic acid groups (broad SMARTS) is 1. The van der Waals surface area contributed by atoms with Gasteiger partial charge in [-0.2, -0.15) is 11.8 Å². The van der Waals surface area contributed by atoms with E-state index in [4.69, 9.17) is 58.0 Å². The smallest absolute Gasteiger partial charge is 0.407 e. The molecule has 0 bridgehead atoms. The van der Waals surface area contributed by atoms with Gasteiger partial charge in [0.15, 0.2) is 0 Å². The Hall–Kier alpha value is -14.3. The van der Waals surface area contributed by atoms with Gasteiger partial charge in [0, 0.05) is 61.9 Å². The van der Waals surface area contributed by atoms with Crippen LogP contribution in [0.25, 0.3) is 0 Å². The molecule has 804 valence electrons. The van der Waals surface area contributed by atoms with Gasteiger partial charge in [-0.15, -0.1) is 0 Å². The summed E-state index contributed by atoms with van der Waals surface area (Å²) < 4.78 is 51.1. The number of aliphatic hydroxyl groups excluding tert-OH is 2. The summed E-state index contributed by atoms with van der Waals surface area (Å²) in [4.78, 5) is 123. The van der Waals surface area contributed by atoms with Crippen molar-refractivity contribution in [3.8, 4) is 23.0 Å². The molecule has 12 rings (SSSR count). The van der Waals surface area contributed by atoms with Gasteiger partial charge in [-0.3, -0.25) is 33.7 Å². The molecule has 10 aromatic carbocycles. The number of urea groups is 1. The quantitative estimate of drug-likeness (QED) is 0.00730. The predicted octanol–water partition coefficient (Wildman–Crippen LogP) is 18.5. The Morgan fingerprint density at radius 2 is 0.713 bits per heavy atom. The molecule has 31 nitrogen and oxygen atoms in total. The van der Waals surface area contributed by atoms with Gasteiger partial charge in [-0.1, -0.05) is 273 Å². The van der Waals surface area contributed by atoms with Crippen molar-refractivity contribution in [3.05, 3.63) is 334 Å². The van der Waals surface area contributed by atoms with Crippen molar-refractivity contribution in [2.45, 2.75) is 222 Å². The minimum atomic E-state index is -1.02. The number of thioether (sulfide) groups is 1. The SMILES string of the molecule is CCC(COC(c1ccccc1)(c1ccc(OC)cc1)c1ccc(OC)cc1)NC(=O)CCCCCNC(=O)OCc1ccccc1.CCC(COC(c1ccccc1)(c1ccc(OC)cc1)c1ccc(OC)cc1)NC(=O)CNC(=O)CCCC[C@@H]1SC[C@H]2[C@@H]1NC(=O)N2C(=O)c1ccc(C(C)(C)C)cc1.O=C(CCCCCNC(=O)OCc1ccccc1)NC(CO)CO.O=C(O)CCCCCNC(=O)OCc1ccccc1. The zero-order valence-electron chi connectivity index (χ0n) is 87.6. The largest absolute Gasteiger partial charge is 0.497 e. The Morgan fingerprint density at radius 3 is 1.06 bits per heavy atom. The van der Waals surface area contributed by atoms with Crippen LogP contribution in [0.2, 0.25) is 0 Å². The molecule has 10 amide bonds. The number of amides is 10. The van der Waals surface area contributed by atoms with Crippen molar-refractivity contribution in [1.82, 2.24) is 47.4 Å². The molecular formula is C118H149N9O22S. The van der Waals surface area contributed by atoms with Crippen LogP contribution in [0.3, 0.4) is 0 Å². The van der Waals surface area contributed by atoms with E-state index in [9.17, 15) is 47.9 Å². The fourth-order valence-electron chi connectivity index (χ4n) is 16.9. The third kappa shape index (κ3) is 39.3. The number of ether oxygens (including phenoxy) is 9. The van der Waals surface area contributed by atoms with Crippen LogP contribution in [-0.2, 0) is 84.1 Å². The van der Waals surface area contributed by atoms with Crippen LogP contribution >= 0.6 is 11.8 Å². The maximum Gasteiger partial charge on any atom is 0.407 e. The number of unbranched alkanes of at least 4 members (excludes halogenated alkanes) is 7. The fraction of sp³-hybridized carbons (Fsp3) is 0.407. The third-order valence-electron chi connectivity index (χ3n) is 25.5. The summed E-state index contributed by atoms with van der Waals surface area (Å²) in [6, 6.07) is 85.7. The van der Waals surface area contributed by atoms with Crippen molar-refractivity contribution in [3.63, 3.8) is 0 Å². The van der Waals surface area contributed by atoms with Gasteiger partial charge in [0.2, 0.25) is 23.6 Å². The molecule has 2 aliphatic rings. The van der Waals surface area contributed by atoms with Crippen LogP contribution in [0.1, 0.15) is 216 Å². The third-order valence-corrected chi connectivity index (χ3v) is 27.0. The number of aliphatic hydroxyl groups is 2. The van der Waals surface area contributed by atoms with Crippen molar-refractivity contribution < 1.29 is 106 Å². The van der Waals surface area contributed by atoms with Crippen molar-refractivity contribution in [2.24, 2.45) is 0 Å². The minimum Gasteiger partial charge on any atom is -0.497 e. The van der Waals surface area contributed by atoms with Gasteiger partial charge < -0.3 is 100 Å². The molecule has 2 fully saturated rings. The fourth-order valence-corrected chi connectivity index (χ4v) is 18.5. The number of hydrogen-bond donors (Lipinski definition) is 11. The predicted molar refractivity (Wildman–Crippen MR) is 579 cm³/mol. The topological polar surface area (TPSA) is 414 Å². The Morgan fingerprint density at radius 1 is 0.387 bits per heavy atom. The van der Waals surface area contributed by atoms with Crippen molar-refractivity contribution in [1.29, 1.82) is 0 Å². The molecule has 0 aromatic heterocycles. The number of methoxy groups -OCH3 is 4. The molecule has 2 saturated heterocycles. The van der Waals surface area contributed by atoms with E-state index < -0.39 is 41.5 Å². The van der Waals surface area contributed by atoms with E-state index in [1.807, 2.05) is 263 Å². The van der Waals surface area contributed by atoms with Crippen LogP contribution in [-0.4, -0.2) is 202 Å². The highest BCUT2D eigenvalue weighted by molar-refractivity contribution is 8.00. The van der Waals surface area contributed by atoms with E-state index in [2.05, 4.69) is 75.4 Å². The summed E-state index contributed by atoms with van der Waals surface area (Å²) in [5, 5.41) is 49.0. The first-order chi connectivity index (χ1) is 72.7. The number of carbonyl (C=O) groups is 10. The Balaban J connectivity index is 0.000000244. The molecule has 0 spiro atoms. The molecule has 10 aromatic rings. The van der Waals surface area contributed by atoms with E-state index in [1.165, 1.54) is 4.90 Å². The van der Waals surface area contributed by atoms with Crippen LogP contribution in [0, 0.1) is 0 Å². The summed E-state index contributed by atoms with van der Waals surface area (Å²) in [7, 11) is 6.56. The second-order valence-electron chi connectivity index (χ2n) is 37.3. The Labute approximate surface area is 885 Å². The van der Waals surface area contributed by atoms with E-state index >= 15 is 0 Å². The molecular weight excluding hydrogens is 1930 g/mol. The zero-order valence-corrected chi connectivity index (χ0v) is 88.4. The number of alkyl carbamates (subject to hydrolysis) is 3. The standard InChI is InChI=1S/C48H58N4O7S.C39H46N2O6.C17H26N2O5.C14H19NO4/c1-7-37(30-59-48(34-13-9-8-10-14-34,35-21-25-38(57-5)26-22-35)36-23-27-39(58-6)28-24-36)50-43(54)29-49-42(53)16-12-11-15-41-44-40(31-60-41)52(46(56)51-44)45(55)32-17-19-33(20-18-32)47(2,3)4;1-4-34(41-37(42)18-12-7-13-27-40-38(43)46-28-30-14-8-5-9-15-30)29-47-39(31-16-10-6-11-17-31,32-19-23-35(44-2)24-20-32)33-21-25-36(45-3)26-22-33;20-11-15(12-21)19-16(22)9-5-2-6-10-18-17(23)24-13-14-7-3-1-4-8-14;16-13(17)9-5-2-6-10-15-14(18)19-11-12-7-3-1-4-8-12/h8-10,13-14,17-28,37,40-41,44H,7,11-12,15-16,29-31H2,1-6H3,(H,49,53)(H,50,54)(H,51,56);5-6,8-11,14-17,19-26,34H,4,7,12-13,18,27-29H2,1-3H3,(H,40,43)(H,41,42);1,3-4,7-8,15,20-21H,2,5-6,9-13H2,(H,18,23)(H,19,22);1,3-4,7-8H,2,5-6,9-11H2,(H,15,18)(H,16,17)/t37?,40-,41-,44-;;;/m0.../s1. The maximum atomic E-state index is 13.4. The summed E-state index contributed by atoms with van der Waals surface area (Å²) in [6.07, 6.45) is 10.1. The Bertz CT molecular complexity index is 5590. The van der Waals surface area contributed by atoms with Crippen LogP contribution in [0.15, 0.2) is 273 Å². The maximum absolute atomic E-state index is 13.4. The highest BCUT2D eigenvalue weighted by Crippen LogP contribution is 2.45. The molecule has 2 unspecified atom stereocenters. The van der Waals surface area contributed by atoms with Crippen molar-refractivity contribution >= 4 is 71.6 Å². The number of benzene rings is 10. The number of rotatable bonds is 55. The van der Waals surface area contributed by atoms with Crippen molar-refractivity contribution in [2.75, 3.05) is 86.8 Å². The number of hydrogen-bond acceptors (Lipinski definition) is 22. The molecule has 11 N–H and O–H groups in total. The van der Waals surface area contributed by atoms with E-state index in [0.717, 1.165) is 136 Å². The number of carboxylic acids is 1. The lowest BCUT2D eigenvalue weighted by molar-refractivity contribution is -0.137. The second kappa shape index (κ2) is 64.8. The average Bonchev–Trinajstić information content (AvgIpc) is 1.21. The van der Waals surface area contributed by atoms with E-state index in [1.54, 1.807) is 52.3 Å². The molecule has 150 heavy (non-hydrogen) atoms. The summed E-state index contributed by atoms with van der Waals surface area (Å²) in [5.74, 6) is 1.86. The molecule has 0 aliphatic carbocycles. The van der Waals surface area contributed by atoms with Crippen LogP contribution in [0.5, 0.6) is 23.0 Å². The summed E-state index contributed by atoms with van der Waals surface area (Å²) in [6.45, 7) is 12.4. The van der Waals surface area contributed by atoms with Gasteiger partial charge in [0.1, 0.15) is 54.0 Å². The minimum absolute atomic E-state index is 0.0186. The molecule has 0 radical (unpaired) electrons. The van der Waals surface area contributed by atoms with Gasteiger partial charge in [-0.25, -0.2) is 19.2 Å². The number of imide groups is 1. The average molecular weight is 2080 g/mol. The lowest BCUT2D eigenvalue weighted by atomic mass is 9.80. The van der Waals surface area contributed by atoms with E-state index in [-0.39, 0.29) is 129 Å². The number of carbonyl (C=O) groups excluding carboxylic acids is 9.